The summed E-state index contributed by atoms with van der Waals surface area (Å²) >= 11 is 0. The second kappa shape index (κ2) is 4.15. The molecule has 17 heavy (non-hydrogen) atoms. The van der Waals surface area contributed by atoms with Crippen molar-refractivity contribution in [3.8, 4) is 0 Å². The van der Waals surface area contributed by atoms with Crippen LogP contribution >= 0.6 is 0 Å². The van der Waals surface area contributed by atoms with Crippen molar-refractivity contribution in [2.45, 2.75) is 32.4 Å². The van der Waals surface area contributed by atoms with Gasteiger partial charge in [-0.05, 0) is 20.3 Å². The molecule has 1 fully saturated rings. The first-order chi connectivity index (χ1) is 8.00. The third-order valence-electron chi connectivity index (χ3n) is 2.71. The Kier molecular flexibility index (Phi) is 2.83. The maximum Gasteiger partial charge on any atom is 0.325 e. The van der Waals surface area contributed by atoms with E-state index in [4.69, 9.17) is 0 Å². The van der Waals surface area contributed by atoms with Crippen LogP contribution in [-0.4, -0.2) is 43.7 Å². The zero-order valence-corrected chi connectivity index (χ0v) is 9.88. The summed E-state index contributed by atoms with van der Waals surface area (Å²) in [6.45, 7) is 4.50. The molecule has 0 aliphatic carbocycles. The van der Waals surface area contributed by atoms with Gasteiger partial charge in [0, 0.05) is 13.1 Å². The number of nitrogens with zero attached hydrogens (tertiary/aromatic N) is 4. The summed E-state index contributed by atoms with van der Waals surface area (Å²) in [5.74, 6) is -0.175. The van der Waals surface area contributed by atoms with Gasteiger partial charge < -0.3 is 9.88 Å². The lowest BCUT2D eigenvalue weighted by molar-refractivity contribution is -0.130. The number of nitrogens with one attached hydrogen (secondary N) is 1. The van der Waals surface area contributed by atoms with Crippen LogP contribution < -0.4 is 5.32 Å². The molecule has 0 bridgehead atoms. The zero-order chi connectivity index (χ0) is 12.5. The van der Waals surface area contributed by atoms with Crippen molar-refractivity contribution in [3.05, 3.63) is 12.7 Å². The van der Waals surface area contributed by atoms with E-state index >= 15 is 0 Å². The molecule has 1 aliphatic rings. The van der Waals surface area contributed by atoms with Crippen LogP contribution in [-0.2, 0) is 11.3 Å². The average Bonchev–Trinajstić information content (AvgIpc) is 2.80. The van der Waals surface area contributed by atoms with Crippen LogP contribution in [0, 0.1) is 0 Å². The summed E-state index contributed by atoms with van der Waals surface area (Å²) in [5.41, 5.74) is -0.784. The van der Waals surface area contributed by atoms with E-state index in [0.717, 1.165) is 0 Å². The molecule has 92 valence electrons. The molecule has 1 aromatic heterocycles. The molecule has 1 aromatic rings. The fraction of sp³-hybridized carbons (Fsp3) is 0.600. The van der Waals surface area contributed by atoms with Gasteiger partial charge in [-0.2, -0.15) is 0 Å². The standard InChI is InChI=1S/C10H15N5O2/c1-10(2)8(16)15(9(17)13-10)5-3-4-14-6-11-12-7-14/h6-7H,3-5H2,1-2H3,(H,13,17). The lowest BCUT2D eigenvalue weighted by Crippen LogP contribution is -2.40. The summed E-state index contributed by atoms with van der Waals surface area (Å²) in [5, 5.41) is 10.0. The summed E-state index contributed by atoms with van der Waals surface area (Å²) in [4.78, 5) is 24.7. The molecule has 0 unspecified atom stereocenters. The minimum atomic E-state index is -0.784. The van der Waals surface area contributed by atoms with Gasteiger partial charge in [0.15, 0.2) is 0 Å². The minimum absolute atomic E-state index is 0.175. The van der Waals surface area contributed by atoms with Crippen LogP contribution in [0.3, 0.4) is 0 Å². The highest BCUT2D eigenvalue weighted by molar-refractivity contribution is 6.06. The molecule has 2 rings (SSSR count). The van der Waals surface area contributed by atoms with Gasteiger partial charge in [0.05, 0.1) is 0 Å². The topological polar surface area (TPSA) is 80.1 Å². The van der Waals surface area contributed by atoms with Gasteiger partial charge in [-0.3, -0.25) is 9.69 Å². The van der Waals surface area contributed by atoms with E-state index in [9.17, 15) is 9.59 Å². The Morgan fingerprint density at radius 3 is 2.41 bits per heavy atom. The molecular weight excluding hydrogens is 222 g/mol. The van der Waals surface area contributed by atoms with Crippen molar-refractivity contribution in [2.24, 2.45) is 0 Å². The third kappa shape index (κ3) is 2.27. The molecule has 7 nitrogen and oxygen atoms in total. The summed E-state index contributed by atoms with van der Waals surface area (Å²) < 4.78 is 1.81. The molecule has 0 spiro atoms. The lowest BCUT2D eigenvalue weighted by Gasteiger charge is -2.15. The highest BCUT2D eigenvalue weighted by Crippen LogP contribution is 2.16. The predicted molar refractivity (Wildman–Crippen MR) is 59.0 cm³/mol. The number of hydrogen-bond donors (Lipinski definition) is 1. The van der Waals surface area contributed by atoms with Crippen molar-refractivity contribution in [1.29, 1.82) is 0 Å². The Labute approximate surface area is 98.8 Å². The van der Waals surface area contributed by atoms with E-state index in [1.807, 2.05) is 4.57 Å². The van der Waals surface area contributed by atoms with E-state index in [1.54, 1.807) is 26.5 Å². The Morgan fingerprint density at radius 2 is 1.88 bits per heavy atom. The van der Waals surface area contributed by atoms with Gasteiger partial charge in [0.1, 0.15) is 18.2 Å². The lowest BCUT2D eigenvalue weighted by atomic mass is 10.1. The summed E-state index contributed by atoms with van der Waals surface area (Å²) in [6.07, 6.45) is 3.90. The van der Waals surface area contributed by atoms with Crippen LogP contribution in [0.25, 0.3) is 0 Å². The molecule has 0 saturated carbocycles. The number of aromatic nitrogens is 3. The van der Waals surface area contributed by atoms with Gasteiger partial charge in [0.2, 0.25) is 0 Å². The molecule has 7 heteroatoms. The Morgan fingerprint density at radius 1 is 1.24 bits per heavy atom. The Hall–Kier alpha value is -1.92. The Balaban J connectivity index is 1.87. The number of imide groups is 1. The molecule has 0 atom stereocenters. The maximum atomic E-state index is 11.8. The van der Waals surface area contributed by atoms with E-state index in [-0.39, 0.29) is 11.9 Å². The number of rotatable bonds is 4. The number of aryl methyl sites for hydroxylation is 1. The van der Waals surface area contributed by atoms with Crippen LogP contribution in [0.1, 0.15) is 20.3 Å². The molecule has 0 radical (unpaired) electrons. The first-order valence-corrected chi connectivity index (χ1v) is 5.47. The number of urea groups is 1. The fourth-order valence-electron chi connectivity index (χ4n) is 1.77. The minimum Gasteiger partial charge on any atom is -0.324 e. The second-order valence-corrected chi connectivity index (χ2v) is 4.57. The van der Waals surface area contributed by atoms with Crippen molar-refractivity contribution >= 4 is 11.9 Å². The smallest absolute Gasteiger partial charge is 0.324 e. The average molecular weight is 237 g/mol. The van der Waals surface area contributed by atoms with Gasteiger partial charge in [-0.25, -0.2) is 4.79 Å². The van der Waals surface area contributed by atoms with Crippen molar-refractivity contribution in [1.82, 2.24) is 25.0 Å². The van der Waals surface area contributed by atoms with Crippen LogP contribution in [0.2, 0.25) is 0 Å². The number of amides is 3. The van der Waals surface area contributed by atoms with E-state index < -0.39 is 5.54 Å². The van der Waals surface area contributed by atoms with Gasteiger partial charge in [0.25, 0.3) is 5.91 Å². The van der Waals surface area contributed by atoms with E-state index in [2.05, 4.69) is 15.5 Å². The van der Waals surface area contributed by atoms with Crippen molar-refractivity contribution in [3.63, 3.8) is 0 Å². The monoisotopic (exact) mass is 237 g/mol. The fourth-order valence-corrected chi connectivity index (χ4v) is 1.77. The first-order valence-electron chi connectivity index (χ1n) is 5.47. The SMILES string of the molecule is CC1(C)NC(=O)N(CCCn2cnnc2)C1=O. The zero-order valence-electron chi connectivity index (χ0n) is 9.88. The normalized spacial score (nSPS) is 18.6. The van der Waals surface area contributed by atoms with Gasteiger partial charge in [-0.15, -0.1) is 10.2 Å². The molecule has 0 aromatic carbocycles. The largest absolute Gasteiger partial charge is 0.325 e. The molecule has 1 aliphatic heterocycles. The summed E-state index contributed by atoms with van der Waals surface area (Å²) in [7, 11) is 0. The van der Waals surface area contributed by atoms with Crippen LogP contribution in [0.4, 0.5) is 4.79 Å². The van der Waals surface area contributed by atoms with Crippen molar-refractivity contribution in [2.75, 3.05) is 6.54 Å². The number of carbonyl (C=O) groups excluding carboxylic acids is 2. The highest BCUT2D eigenvalue weighted by atomic mass is 16.2. The number of carbonyl (C=O) groups is 2. The number of hydrogen-bond acceptors (Lipinski definition) is 4. The van der Waals surface area contributed by atoms with Crippen LogP contribution in [0.15, 0.2) is 12.7 Å². The second-order valence-electron chi connectivity index (χ2n) is 4.57. The van der Waals surface area contributed by atoms with E-state index in [1.165, 1.54) is 4.90 Å². The van der Waals surface area contributed by atoms with Gasteiger partial charge in [-0.1, -0.05) is 0 Å². The molecule has 3 amide bonds. The quantitative estimate of drug-likeness (QED) is 0.747. The maximum absolute atomic E-state index is 11.8. The molecule has 2 heterocycles. The molecular formula is C10H15N5O2. The van der Waals surface area contributed by atoms with Crippen LogP contribution in [0.5, 0.6) is 0 Å². The van der Waals surface area contributed by atoms with Gasteiger partial charge >= 0.3 is 6.03 Å². The van der Waals surface area contributed by atoms with E-state index in [0.29, 0.717) is 19.5 Å². The summed E-state index contributed by atoms with van der Waals surface area (Å²) in [6, 6.07) is -0.316. The molecule has 1 N–H and O–H groups in total. The third-order valence-corrected chi connectivity index (χ3v) is 2.71. The Bertz CT molecular complexity index is 426. The highest BCUT2D eigenvalue weighted by Gasteiger charge is 2.43. The predicted octanol–water partition coefficient (Wildman–Crippen LogP) is -0.00140. The molecule has 1 saturated heterocycles. The first kappa shape index (κ1) is 11.6. The van der Waals surface area contributed by atoms with Crippen molar-refractivity contribution < 1.29 is 9.59 Å².